The van der Waals surface area contributed by atoms with Crippen LogP contribution in [-0.2, 0) is 16.1 Å². The first kappa shape index (κ1) is 22.5. The Morgan fingerprint density at radius 1 is 1.28 bits per heavy atom. The molecule has 2 aliphatic rings. The summed E-state index contributed by atoms with van der Waals surface area (Å²) >= 11 is 1.92. The lowest BCUT2D eigenvalue weighted by Crippen LogP contribution is -2.40. The van der Waals surface area contributed by atoms with Gasteiger partial charge in [-0.1, -0.05) is 18.2 Å². The van der Waals surface area contributed by atoms with E-state index < -0.39 is 0 Å². The molecule has 2 saturated heterocycles. The molecular weight excluding hydrogens is 381 g/mol. The van der Waals surface area contributed by atoms with Crippen LogP contribution in [-0.4, -0.2) is 61.2 Å². The minimum atomic E-state index is 0. The Kier molecular flexibility index (Phi) is 10.8. The van der Waals surface area contributed by atoms with Crippen LogP contribution in [0.25, 0.3) is 0 Å². The fraction of sp³-hybridized carbons (Fsp3) is 0.588. The molecule has 0 bridgehead atoms. The van der Waals surface area contributed by atoms with Crippen molar-refractivity contribution in [1.82, 2.24) is 10.2 Å². The second kappa shape index (κ2) is 12.0. The average Bonchev–Trinajstić information content (AvgIpc) is 2.58. The summed E-state index contributed by atoms with van der Waals surface area (Å²) in [7, 11) is 0. The van der Waals surface area contributed by atoms with Crippen LogP contribution < -0.4 is 10.6 Å². The van der Waals surface area contributed by atoms with Crippen molar-refractivity contribution in [2.24, 2.45) is 0 Å². The van der Waals surface area contributed by atoms with Crippen LogP contribution in [0.5, 0.6) is 0 Å². The van der Waals surface area contributed by atoms with Gasteiger partial charge >= 0.3 is 0 Å². The lowest BCUT2D eigenvalue weighted by atomic mass is 10.1. The van der Waals surface area contributed by atoms with Gasteiger partial charge < -0.3 is 15.4 Å². The van der Waals surface area contributed by atoms with Crippen molar-refractivity contribution in [3.05, 3.63) is 29.8 Å². The molecule has 2 fully saturated rings. The highest BCUT2D eigenvalue weighted by Crippen LogP contribution is 2.19. The summed E-state index contributed by atoms with van der Waals surface area (Å²) in [5.74, 6) is 2.25. The van der Waals surface area contributed by atoms with Crippen LogP contribution in [0.1, 0.15) is 12.0 Å². The number of hydrogen-bond acceptors (Lipinski definition) is 5. The lowest BCUT2D eigenvalue weighted by molar-refractivity contribution is -0.116. The van der Waals surface area contributed by atoms with Crippen molar-refractivity contribution >= 4 is 48.2 Å². The van der Waals surface area contributed by atoms with Gasteiger partial charge in [-0.05, 0) is 11.6 Å². The summed E-state index contributed by atoms with van der Waals surface area (Å²) in [4.78, 5) is 14.7. The molecule has 142 valence electrons. The van der Waals surface area contributed by atoms with Crippen molar-refractivity contribution in [3.8, 4) is 0 Å². The van der Waals surface area contributed by atoms with Crippen molar-refractivity contribution in [2.45, 2.75) is 19.0 Å². The maximum Gasteiger partial charge on any atom is 0.225 e. The molecule has 0 aliphatic carbocycles. The van der Waals surface area contributed by atoms with Crippen molar-refractivity contribution < 1.29 is 9.53 Å². The number of carbonyl (C=O) groups is 1. The highest BCUT2D eigenvalue weighted by atomic mass is 35.5. The van der Waals surface area contributed by atoms with Gasteiger partial charge in [0.05, 0.1) is 13.2 Å². The third-order valence-corrected chi connectivity index (χ3v) is 5.35. The second-order valence-corrected chi connectivity index (χ2v) is 7.17. The first-order valence-electron chi connectivity index (χ1n) is 8.30. The molecule has 2 aliphatic heterocycles. The SMILES string of the molecule is Cl.Cl.O=C(CC1CSCCN1)Nc1ccccc1CN1CCOCC1. The van der Waals surface area contributed by atoms with Crippen LogP contribution in [0.4, 0.5) is 5.69 Å². The fourth-order valence-corrected chi connectivity index (χ4v) is 3.91. The second-order valence-electron chi connectivity index (χ2n) is 6.02. The van der Waals surface area contributed by atoms with E-state index in [9.17, 15) is 4.79 Å². The number of rotatable bonds is 5. The zero-order valence-electron chi connectivity index (χ0n) is 14.2. The Balaban J connectivity index is 0.00000156. The predicted molar refractivity (Wildman–Crippen MR) is 109 cm³/mol. The summed E-state index contributed by atoms with van der Waals surface area (Å²) in [6.45, 7) is 5.34. The maximum atomic E-state index is 12.3. The van der Waals surface area contributed by atoms with E-state index in [0.29, 0.717) is 12.5 Å². The van der Waals surface area contributed by atoms with Crippen LogP contribution in [0.2, 0.25) is 0 Å². The molecule has 0 radical (unpaired) electrons. The molecule has 0 aromatic heterocycles. The number of nitrogens with one attached hydrogen (secondary N) is 2. The summed E-state index contributed by atoms with van der Waals surface area (Å²) in [6.07, 6.45) is 0.541. The predicted octanol–water partition coefficient (Wildman–Crippen LogP) is 2.40. The molecule has 1 atom stereocenters. The maximum absolute atomic E-state index is 12.3. The van der Waals surface area contributed by atoms with Gasteiger partial charge in [0.15, 0.2) is 0 Å². The molecule has 2 heterocycles. The molecule has 3 rings (SSSR count). The quantitative estimate of drug-likeness (QED) is 0.784. The normalized spacial score (nSPS) is 20.9. The molecule has 1 amide bonds. The zero-order valence-corrected chi connectivity index (χ0v) is 16.7. The number of ether oxygens (including phenoxy) is 1. The Bertz CT molecular complexity index is 524. The Morgan fingerprint density at radius 2 is 2.04 bits per heavy atom. The number of hydrogen-bond donors (Lipinski definition) is 2. The number of halogens is 2. The summed E-state index contributed by atoms with van der Waals surface area (Å²) < 4.78 is 5.40. The van der Waals surface area contributed by atoms with Gasteiger partial charge in [-0.15, -0.1) is 24.8 Å². The minimum Gasteiger partial charge on any atom is -0.379 e. The summed E-state index contributed by atoms with van der Waals surface area (Å²) in [5, 5.41) is 6.51. The van der Waals surface area contributed by atoms with E-state index in [1.807, 2.05) is 30.0 Å². The zero-order chi connectivity index (χ0) is 15.9. The topological polar surface area (TPSA) is 53.6 Å². The van der Waals surface area contributed by atoms with E-state index in [-0.39, 0.29) is 30.7 Å². The molecule has 0 spiro atoms. The number of para-hydroxylation sites is 1. The first-order valence-corrected chi connectivity index (χ1v) is 9.46. The van der Waals surface area contributed by atoms with Gasteiger partial charge in [-0.25, -0.2) is 0 Å². The van der Waals surface area contributed by atoms with E-state index >= 15 is 0 Å². The number of nitrogens with zero attached hydrogens (tertiary/aromatic N) is 1. The first-order chi connectivity index (χ1) is 11.3. The lowest BCUT2D eigenvalue weighted by Gasteiger charge is -2.27. The molecule has 2 N–H and O–H groups in total. The Morgan fingerprint density at radius 3 is 2.76 bits per heavy atom. The van der Waals surface area contributed by atoms with Gasteiger partial charge in [0.1, 0.15) is 0 Å². The molecule has 1 aromatic carbocycles. The van der Waals surface area contributed by atoms with E-state index in [4.69, 9.17) is 4.74 Å². The number of carbonyl (C=O) groups excluding carboxylic acids is 1. The standard InChI is InChI=1S/C17H25N3O2S.2ClH/c21-17(11-15-13-23-10-5-18-15)19-16-4-2-1-3-14(16)12-20-6-8-22-9-7-20;;/h1-4,15,18H,5-13H2,(H,19,21);2*1H. The molecule has 8 heteroatoms. The Labute approximate surface area is 166 Å². The molecule has 5 nitrogen and oxygen atoms in total. The highest BCUT2D eigenvalue weighted by molar-refractivity contribution is 7.99. The molecule has 25 heavy (non-hydrogen) atoms. The van der Waals surface area contributed by atoms with Crippen molar-refractivity contribution in [1.29, 1.82) is 0 Å². The van der Waals surface area contributed by atoms with Crippen molar-refractivity contribution in [2.75, 3.05) is 49.7 Å². The third kappa shape index (κ3) is 7.33. The number of amides is 1. The van der Waals surface area contributed by atoms with Crippen LogP contribution in [0, 0.1) is 0 Å². The monoisotopic (exact) mass is 407 g/mol. The molecule has 0 saturated carbocycles. The third-order valence-electron chi connectivity index (χ3n) is 4.22. The van der Waals surface area contributed by atoms with Crippen LogP contribution in [0.15, 0.2) is 24.3 Å². The van der Waals surface area contributed by atoms with E-state index in [1.54, 1.807) is 0 Å². The molecule has 1 unspecified atom stereocenters. The number of morpholine rings is 1. The Hall–Kier alpha value is -0.500. The van der Waals surface area contributed by atoms with Gasteiger partial charge in [0.2, 0.25) is 5.91 Å². The fourth-order valence-electron chi connectivity index (χ4n) is 2.96. The minimum absolute atomic E-state index is 0. The number of benzene rings is 1. The summed E-state index contributed by atoms with van der Waals surface area (Å²) in [5.41, 5.74) is 2.11. The largest absolute Gasteiger partial charge is 0.379 e. The van der Waals surface area contributed by atoms with Gasteiger partial charge in [-0.3, -0.25) is 9.69 Å². The van der Waals surface area contributed by atoms with Gasteiger partial charge in [0.25, 0.3) is 0 Å². The average molecular weight is 408 g/mol. The van der Waals surface area contributed by atoms with E-state index in [2.05, 4.69) is 21.6 Å². The number of thioether (sulfide) groups is 1. The molecule has 1 aromatic rings. The van der Waals surface area contributed by atoms with Crippen molar-refractivity contribution in [3.63, 3.8) is 0 Å². The highest BCUT2D eigenvalue weighted by Gasteiger charge is 2.18. The van der Waals surface area contributed by atoms with Crippen LogP contribution >= 0.6 is 36.6 Å². The summed E-state index contributed by atoms with van der Waals surface area (Å²) in [6, 6.07) is 8.40. The van der Waals surface area contributed by atoms with E-state index in [0.717, 1.165) is 56.6 Å². The van der Waals surface area contributed by atoms with Gasteiger partial charge in [-0.2, -0.15) is 11.8 Å². The van der Waals surface area contributed by atoms with Crippen LogP contribution in [0.3, 0.4) is 0 Å². The number of anilines is 1. The van der Waals surface area contributed by atoms with E-state index in [1.165, 1.54) is 5.56 Å². The molecular formula is C17H27Cl2N3O2S. The van der Waals surface area contributed by atoms with Gasteiger partial charge in [0, 0.05) is 55.8 Å². The smallest absolute Gasteiger partial charge is 0.225 e.